The molecule has 0 saturated heterocycles. The van der Waals surface area contributed by atoms with E-state index in [0.29, 0.717) is 35.5 Å². The van der Waals surface area contributed by atoms with Crippen molar-refractivity contribution < 1.29 is 19.4 Å². The van der Waals surface area contributed by atoms with Crippen molar-refractivity contribution in [1.82, 2.24) is 4.57 Å². The summed E-state index contributed by atoms with van der Waals surface area (Å²) >= 11 is 4.88. The lowest BCUT2D eigenvalue weighted by molar-refractivity contribution is -0.143. The van der Waals surface area contributed by atoms with E-state index >= 15 is 0 Å². The number of rotatable bonds is 6. The molecule has 1 N–H and O–H groups in total. The Morgan fingerprint density at radius 2 is 1.97 bits per heavy atom. The monoisotopic (exact) mass is 636 g/mol. The number of fused-ring (bicyclic) bond motifs is 1. The van der Waals surface area contributed by atoms with Gasteiger partial charge in [-0.2, -0.15) is 0 Å². The third-order valence-corrected chi connectivity index (χ3v) is 8.13. The second kappa shape index (κ2) is 10.8. The van der Waals surface area contributed by atoms with E-state index in [9.17, 15) is 14.7 Å². The quantitative estimate of drug-likeness (QED) is 0.248. The Kier molecular flexibility index (Phi) is 7.96. The Labute approximate surface area is 230 Å². The van der Waals surface area contributed by atoms with Crippen LogP contribution in [0, 0.1) is 3.57 Å². The summed E-state index contributed by atoms with van der Waals surface area (Å²) in [6.45, 7) is 5.35. The number of nitrogens with zero attached hydrogens (tertiary/aromatic N) is 2. The van der Waals surface area contributed by atoms with Crippen LogP contribution in [0.5, 0.6) is 11.5 Å². The first-order valence-electron chi connectivity index (χ1n) is 11.1. The Bertz CT molecular complexity index is 1540. The maximum absolute atomic E-state index is 13.7. The van der Waals surface area contributed by atoms with Gasteiger partial charge < -0.3 is 14.6 Å². The Balaban J connectivity index is 1.94. The standard InChI is InChI=1S/C26H25IN2O5S2/c1-13(2)34-25(32)21-14(3)28-26-29(22(21)16-6-8-17(35-5)9-7-16)24(31)20(36-26)12-15-10-18(27)23(30)19(11-15)33-4/h6-13,22,30H,1-5H3/b20-12-/t22-/m0/s1. The number of benzene rings is 2. The molecule has 3 aromatic rings. The molecule has 1 aliphatic rings. The number of thiazole rings is 1. The SMILES string of the molecule is COc1cc(/C=c2\sc3n(c2=O)[C@@H](c2ccc(SC)cc2)C(C(=O)OC(C)C)=C(C)N=3)cc(I)c1O. The van der Waals surface area contributed by atoms with Gasteiger partial charge in [0.25, 0.3) is 5.56 Å². The van der Waals surface area contributed by atoms with Crippen molar-refractivity contribution in [3.8, 4) is 11.5 Å². The molecular formula is C26H25IN2O5S2. The molecule has 0 radical (unpaired) electrons. The third kappa shape index (κ3) is 5.12. The smallest absolute Gasteiger partial charge is 0.338 e. The largest absolute Gasteiger partial charge is 0.504 e. The molecule has 7 nitrogen and oxygen atoms in total. The van der Waals surface area contributed by atoms with Crippen LogP contribution in [0.25, 0.3) is 6.08 Å². The van der Waals surface area contributed by atoms with Crippen molar-refractivity contribution in [2.75, 3.05) is 13.4 Å². The summed E-state index contributed by atoms with van der Waals surface area (Å²) in [4.78, 5) is 33.1. The van der Waals surface area contributed by atoms with Crippen LogP contribution < -0.4 is 19.6 Å². The second-order valence-electron chi connectivity index (χ2n) is 8.36. The lowest BCUT2D eigenvalue weighted by atomic mass is 9.96. The molecule has 1 aromatic heterocycles. The van der Waals surface area contributed by atoms with Crippen molar-refractivity contribution in [1.29, 1.82) is 0 Å². The first-order valence-corrected chi connectivity index (χ1v) is 14.2. The van der Waals surface area contributed by atoms with E-state index in [-0.39, 0.29) is 17.4 Å². The van der Waals surface area contributed by atoms with E-state index in [2.05, 4.69) is 4.99 Å². The average Bonchev–Trinajstić information content (AvgIpc) is 3.14. The predicted octanol–water partition coefficient (Wildman–Crippen LogP) is 4.23. The van der Waals surface area contributed by atoms with Gasteiger partial charge in [0.15, 0.2) is 16.3 Å². The molecule has 0 saturated carbocycles. The zero-order chi connectivity index (χ0) is 26.1. The summed E-state index contributed by atoms with van der Waals surface area (Å²) in [6, 6.07) is 10.6. The molecule has 36 heavy (non-hydrogen) atoms. The molecule has 0 bridgehead atoms. The van der Waals surface area contributed by atoms with Gasteiger partial charge in [-0.1, -0.05) is 23.5 Å². The fourth-order valence-electron chi connectivity index (χ4n) is 3.95. The van der Waals surface area contributed by atoms with Crippen molar-refractivity contribution >= 4 is 57.7 Å². The molecule has 0 unspecified atom stereocenters. The fraction of sp³-hybridized carbons (Fsp3) is 0.269. The average molecular weight is 637 g/mol. The summed E-state index contributed by atoms with van der Waals surface area (Å²) in [5.74, 6) is -0.117. The molecule has 0 aliphatic carbocycles. The van der Waals surface area contributed by atoms with Gasteiger partial charge in [-0.05, 0) is 91.1 Å². The lowest BCUT2D eigenvalue weighted by Crippen LogP contribution is -2.40. The van der Waals surface area contributed by atoms with E-state index in [4.69, 9.17) is 9.47 Å². The number of esters is 1. The number of methoxy groups -OCH3 is 1. The van der Waals surface area contributed by atoms with Crippen LogP contribution in [-0.2, 0) is 9.53 Å². The van der Waals surface area contributed by atoms with Gasteiger partial charge in [-0.25, -0.2) is 9.79 Å². The predicted molar refractivity (Wildman–Crippen MR) is 151 cm³/mol. The van der Waals surface area contributed by atoms with Crippen molar-refractivity contribution in [2.24, 2.45) is 4.99 Å². The highest BCUT2D eigenvalue weighted by Gasteiger charge is 2.33. The van der Waals surface area contributed by atoms with E-state index in [0.717, 1.165) is 10.5 Å². The number of aromatic hydroxyl groups is 1. The maximum Gasteiger partial charge on any atom is 0.338 e. The molecule has 1 aliphatic heterocycles. The van der Waals surface area contributed by atoms with Gasteiger partial charge >= 0.3 is 5.97 Å². The van der Waals surface area contributed by atoms with Gasteiger partial charge in [0.05, 0.1) is 38.6 Å². The molecule has 4 rings (SSSR count). The van der Waals surface area contributed by atoms with E-state index in [1.54, 1.807) is 55.3 Å². The van der Waals surface area contributed by atoms with Gasteiger partial charge in [-0.15, -0.1) is 11.8 Å². The number of thioether (sulfide) groups is 1. The second-order valence-corrected chi connectivity index (χ2v) is 11.4. The highest BCUT2D eigenvalue weighted by Crippen LogP contribution is 2.33. The number of aromatic nitrogens is 1. The fourth-order valence-corrected chi connectivity index (χ4v) is 6.03. The number of ether oxygens (including phenoxy) is 2. The van der Waals surface area contributed by atoms with Crippen LogP contribution >= 0.6 is 45.7 Å². The molecule has 2 aromatic carbocycles. The number of hydrogen-bond donors (Lipinski definition) is 1. The Hall–Kier alpha value is -2.57. The first kappa shape index (κ1) is 26.5. The minimum atomic E-state index is -0.667. The van der Waals surface area contributed by atoms with Gasteiger partial charge in [0.1, 0.15) is 0 Å². The molecule has 10 heteroatoms. The van der Waals surface area contributed by atoms with Crippen LogP contribution in [0.3, 0.4) is 0 Å². The summed E-state index contributed by atoms with van der Waals surface area (Å²) in [5.41, 5.74) is 2.11. The highest BCUT2D eigenvalue weighted by atomic mass is 127. The van der Waals surface area contributed by atoms with Crippen LogP contribution in [0.15, 0.2) is 62.4 Å². The van der Waals surface area contributed by atoms with Crippen LogP contribution in [0.2, 0.25) is 0 Å². The molecule has 188 valence electrons. The van der Waals surface area contributed by atoms with Crippen LogP contribution in [-0.4, -0.2) is 35.1 Å². The van der Waals surface area contributed by atoms with Gasteiger partial charge in [0.2, 0.25) is 0 Å². The normalized spacial score (nSPS) is 15.6. The Morgan fingerprint density at radius 3 is 2.58 bits per heavy atom. The Morgan fingerprint density at radius 1 is 1.28 bits per heavy atom. The van der Waals surface area contributed by atoms with Gasteiger partial charge in [-0.3, -0.25) is 9.36 Å². The van der Waals surface area contributed by atoms with E-state index in [1.807, 2.05) is 53.1 Å². The lowest BCUT2D eigenvalue weighted by Gasteiger charge is -2.25. The topological polar surface area (TPSA) is 90.1 Å². The van der Waals surface area contributed by atoms with Crippen molar-refractivity contribution in [3.63, 3.8) is 0 Å². The van der Waals surface area contributed by atoms with Gasteiger partial charge in [0, 0.05) is 4.90 Å². The number of hydrogen-bond acceptors (Lipinski definition) is 8. The van der Waals surface area contributed by atoms with E-state index < -0.39 is 12.0 Å². The number of carbonyl (C=O) groups excluding carboxylic acids is 1. The summed E-state index contributed by atoms with van der Waals surface area (Å²) in [6.07, 6.45) is 3.43. The maximum atomic E-state index is 13.7. The molecule has 0 spiro atoms. The van der Waals surface area contributed by atoms with Crippen LogP contribution in [0.4, 0.5) is 0 Å². The number of halogens is 1. The molecule has 0 fully saturated rings. The minimum Gasteiger partial charge on any atom is -0.504 e. The number of phenols is 1. The zero-order valence-electron chi connectivity index (χ0n) is 20.4. The molecular weight excluding hydrogens is 611 g/mol. The minimum absolute atomic E-state index is 0.0503. The zero-order valence-corrected chi connectivity index (χ0v) is 24.2. The number of carbonyl (C=O) groups is 1. The third-order valence-electron chi connectivity index (χ3n) is 5.58. The highest BCUT2D eigenvalue weighted by molar-refractivity contribution is 14.1. The molecule has 2 heterocycles. The summed E-state index contributed by atoms with van der Waals surface area (Å²) in [5, 5.41) is 10.2. The van der Waals surface area contributed by atoms with Crippen molar-refractivity contribution in [3.05, 3.63) is 82.1 Å². The summed E-state index contributed by atoms with van der Waals surface area (Å²) < 4.78 is 13.4. The first-order chi connectivity index (χ1) is 17.1. The number of allylic oxidation sites excluding steroid dienone is 1. The molecule has 0 amide bonds. The number of phenolic OH excluding ortho intramolecular Hbond substituents is 1. The van der Waals surface area contributed by atoms with E-state index in [1.165, 1.54) is 18.4 Å². The molecule has 1 atom stereocenters. The van der Waals surface area contributed by atoms with Crippen molar-refractivity contribution in [2.45, 2.75) is 37.8 Å². The van der Waals surface area contributed by atoms with Crippen LogP contribution in [0.1, 0.15) is 37.9 Å². The summed E-state index contributed by atoms with van der Waals surface area (Å²) in [7, 11) is 1.48.